The summed E-state index contributed by atoms with van der Waals surface area (Å²) in [6.07, 6.45) is 1.17. The van der Waals surface area contributed by atoms with E-state index in [1.165, 1.54) is 0 Å². The van der Waals surface area contributed by atoms with Crippen molar-refractivity contribution in [2.45, 2.75) is 12.8 Å². The van der Waals surface area contributed by atoms with E-state index in [1.807, 2.05) is 0 Å². The number of ether oxygens (including phenoxy) is 2. The Bertz CT molecular complexity index is 218. The highest BCUT2D eigenvalue weighted by Crippen LogP contribution is 1.97. The number of quaternary nitrogens is 2. The number of rotatable bonds is 8. The van der Waals surface area contributed by atoms with E-state index in [-0.39, 0.29) is 0 Å². The lowest BCUT2D eigenvalue weighted by molar-refractivity contribution is -0.870. The lowest BCUT2D eigenvalue weighted by Gasteiger charge is -2.23. The van der Waals surface area contributed by atoms with Gasteiger partial charge in [0.15, 0.2) is 0 Å². The second-order valence-corrected chi connectivity index (χ2v) is 6.68. The van der Waals surface area contributed by atoms with Crippen LogP contribution in [-0.2, 0) is 9.47 Å². The molecular formula is C13H30N2O3+2. The van der Waals surface area contributed by atoms with Gasteiger partial charge in [0.2, 0.25) is 0 Å². The largest absolute Gasteiger partial charge is 0.508 e. The van der Waals surface area contributed by atoms with Crippen molar-refractivity contribution < 1.29 is 23.2 Å². The van der Waals surface area contributed by atoms with Gasteiger partial charge in [0.05, 0.1) is 55.4 Å². The molecule has 0 aliphatic rings. The van der Waals surface area contributed by atoms with E-state index in [1.54, 1.807) is 0 Å². The maximum absolute atomic E-state index is 11.2. The zero-order chi connectivity index (χ0) is 14.2. The van der Waals surface area contributed by atoms with Crippen molar-refractivity contribution in [2.75, 3.05) is 68.6 Å². The quantitative estimate of drug-likeness (QED) is 0.376. The lowest BCUT2D eigenvalue weighted by atomic mass is 10.4. The molecule has 0 fully saturated rings. The minimum Gasteiger partial charge on any atom is -0.434 e. The first-order valence-electron chi connectivity index (χ1n) is 6.51. The fraction of sp³-hybridized carbons (Fsp3) is 0.923. The summed E-state index contributed by atoms with van der Waals surface area (Å²) in [6, 6.07) is 0. The topological polar surface area (TPSA) is 35.5 Å². The maximum atomic E-state index is 11.2. The molecule has 0 saturated heterocycles. The van der Waals surface area contributed by atoms with E-state index in [2.05, 4.69) is 42.3 Å². The Morgan fingerprint density at radius 2 is 1.11 bits per heavy atom. The van der Waals surface area contributed by atoms with Gasteiger partial charge in [-0.2, -0.15) is 0 Å². The molecule has 0 amide bonds. The molecule has 0 atom stereocenters. The van der Waals surface area contributed by atoms with Crippen molar-refractivity contribution in [3.63, 3.8) is 0 Å². The Hall–Kier alpha value is -0.810. The molecule has 0 aromatic rings. The van der Waals surface area contributed by atoms with Crippen LogP contribution >= 0.6 is 0 Å². The van der Waals surface area contributed by atoms with Gasteiger partial charge in [-0.1, -0.05) is 0 Å². The Labute approximate surface area is 111 Å². The molecular weight excluding hydrogens is 232 g/mol. The Morgan fingerprint density at radius 1 is 0.778 bits per heavy atom. The van der Waals surface area contributed by atoms with Crippen LogP contribution in [0.4, 0.5) is 4.79 Å². The van der Waals surface area contributed by atoms with Gasteiger partial charge in [-0.15, -0.1) is 0 Å². The molecule has 5 heteroatoms. The standard InChI is InChI=1S/C13H30N2O3/c1-14(2,3)9-7-11-17-13(16)18-12-8-10-15(4,5)6/h7-12H2,1-6H3/q+2. The van der Waals surface area contributed by atoms with Gasteiger partial charge in [-0.3, -0.25) is 0 Å². The van der Waals surface area contributed by atoms with Crippen molar-refractivity contribution in [3.8, 4) is 0 Å². The average molecular weight is 262 g/mol. The molecule has 0 rings (SSSR count). The number of carbonyl (C=O) groups excluding carboxylic acids is 1. The smallest absolute Gasteiger partial charge is 0.434 e. The molecule has 5 nitrogen and oxygen atoms in total. The van der Waals surface area contributed by atoms with Crippen LogP contribution in [0.1, 0.15) is 12.8 Å². The van der Waals surface area contributed by atoms with Crippen LogP contribution in [0.25, 0.3) is 0 Å². The highest BCUT2D eigenvalue weighted by molar-refractivity contribution is 5.59. The van der Waals surface area contributed by atoms with Gasteiger partial charge >= 0.3 is 6.16 Å². The summed E-state index contributed by atoms with van der Waals surface area (Å²) in [4.78, 5) is 11.2. The van der Waals surface area contributed by atoms with Crippen molar-refractivity contribution in [1.82, 2.24) is 0 Å². The van der Waals surface area contributed by atoms with E-state index in [4.69, 9.17) is 9.47 Å². The molecule has 0 saturated carbocycles. The number of hydrogen-bond donors (Lipinski definition) is 0. The summed E-state index contributed by atoms with van der Waals surface area (Å²) < 4.78 is 11.7. The fourth-order valence-electron chi connectivity index (χ4n) is 1.43. The average Bonchev–Trinajstić information content (AvgIpc) is 2.17. The zero-order valence-electron chi connectivity index (χ0n) is 12.9. The summed E-state index contributed by atoms with van der Waals surface area (Å²) in [6.45, 7) is 2.83. The van der Waals surface area contributed by atoms with Crippen LogP contribution in [0.3, 0.4) is 0 Å². The number of carbonyl (C=O) groups is 1. The Morgan fingerprint density at radius 3 is 1.39 bits per heavy atom. The van der Waals surface area contributed by atoms with Crippen molar-refractivity contribution >= 4 is 6.16 Å². The van der Waals surface area contributed by atoms with Gasteiger partial charge in [0.25, 0.3) is 0 Å². The summed E-state index contributed by atoms with van der Waals surface area (Å²) >= 11 is 0. The third kappa shape index (κ3) is 13.3. The molecule has 0 unspecified atom stereocenters. The van der Waals surface area contributed by atoms with Crippen LogP contribution < -0.4 is 0 Å². The molecule has 0 aromatic carbocycles. The van der Waals surface area contributed by atoms with E-state index in [9.17, 15) is 4.79 Å². The second-order valence-electron chi connectivity index (χ2n) is 6.68. The second kappa shape index (κ2) is 7.59. The van der Waals surface area contributed by atoms with Crippen LogP contribution in [0.2, 0.25) is 0 Å². The predicted molar refractivity (Wildman–Crippen MR) is 72.3 cm³/mol. The third-order valence-electron chi connectivity index (χ3n) is 2.39. The number of hydrogen-bond acceptors (Lipinski definition) is 3. The van der Waals surface area contributed by atoms with Gasteiger partial charge < -0.3 is 18.4 Å². The molecule has 0 aliphatic carbocycles. The summed E-state index contributed by atoms with van der Waals surface area (Å²) in [7, 11) is 12.7. The molecule has 0 heterocycles. The summed E-state index contributed by atoms with van der Waals surface area (Å²) in [5, 5.41) is 0. The van der Waals surface area contributed by atoms with E-state index < -0.39 is 6.16 Å². The van der Waals surface area contributed by atoms with Crippen LogP contribution in [-0.4, -0.2) is 83.7 Å². The van der Waals surface area contributed by atoms with Crippen LogP contribution in [0.15, 0.2) is 0 Å². The first kappa shape index (κ1) is 17.2. The predicted octanol–water partition coefficient (Wildman–Crippen LogP) is 1.33. The normalized spacial score (nSPS) is 12.3. The first-order chi connectivity index (χ1) is 8.10. The first-order valence-corrected chi connectivity index (χ1v) is 6.51. The van der Waals surface area contributed by atoms with Crippen molar-refractivity contribution in [2.24, 2.45) is 0 Å². The summed E-state index contributed by atoms with van der Waals surface area (Å²) in [5.41, 5.74) is 0. The highest BCUT2D eigenvalue weighted by atomic mass is 16.7. The minimum atomic E-state index is -0.544. The van der Waals surface area contributed by atoms with E-state index in [0.29, 0.717) is 13.2 Å². The van der Waals surface area contributed by atoms with Crippen molar-refractivity contribution in [1.29, 1.82) is 0 Å². The molecule has 18 heavy (non-hydrogen) atoms. The Balaban J connectivity index is 3.44. The third-order valence-corrected chi connectivity index (χ3v) is 2.39. The van der Waals surface area contributed by atoms with E-state index in [0.717, 1.165) is 34.9 Å². The lowest BCUT2D eigenvalue weighted by Crippen LogP contribution is -2.36. The molecule has 0 aliphatic heterocycles. The van der Waals surface area contributed by atoms with Gasteiger partial charge in [-0.25, -0.2) is 4.79 Å². The fourth-order valence-corrected chi connectivity index (χ4v) is 1.43. The maximum Gasteiger partial charge on any atom is 0.508 e. The molecule has 0 radical (unpaired) electrons. The van der Waals surface area contributed by atoms with Crippen molar-refractivity contribution in [3.05, 3.63) is 0 Å². The number of nitrogens with zero attached hydrogens (tertiary/aromatic N) is 2. The molecule has 0 spiro atoms. The van der Waals surface area contributed by atoms with E-state index >= 15 is 0 Å². The monoisotopic (exact) mass is 262 g/mol. The highest BCUT2D eigenvalue weighted by Gasteiger charge is 2.10. The molecule has 0 aromatic heterocycles. The zero-order valence-corrected chi connectivity index (χ0v) is 12.9. The minimum absolute atomic E-state index is 0.434. The van der Waals surface area contributed by atoms with Gasteiger partial charge in [0.1, 0.15) is 13.2 Å². The van der Waals surface area contributed by atoms with Crippen LogP contribution in [0, 0.1) is 0 Å². The molecule has 0 N–H and O–H groups in total. The SMILES string of the molecule is C[N+](C)(C)CCCOC(=O)OCCC[N+](C)(C)C. The molecule has 108 valence electrons. The summed E-state index contributed by atoms with van der Waals surface area (Å²) in [5.74, 6) is 0. The van der Waals surface area contributed by atoms with Gasteiger partial charge in [0, 0.05) is 12.8 Å². The molecule has 0 bridgehead atoms. The van der Waals surface area contributed by atoms with Crippen LogP contribution in [0.5, 0.6) is 0 Å². The van der Waals surface area contributed by atoms with Gasteiger partial charge in [-0.05, 0) is 0 Å². The Kier molecular flexibility index (Phi) is 7.25.